The van der Waals surface area contributed by atoms with Gasteiger partial charge >= 0.3 is 0 Å². The third kappa shape index (κ3) is 3.05. The van der Waals surface area contributed by atoms with E-state index in [2.05, 4.69) is 0 Å². The van der Waals surface area contributed by atoms with E-state index in [1.54, 1.807) is 12.1 Å². The molecule has 0 spiro atoms. The van der Waals surface area contributed by atoms with Crippen LogP contribution in [0.2, 0.25) is 0 Å². The maximum absolute atomic E-state index is 13.0. The lowest BCUT2D eigenvalue weighted by atomic mass is 9.95. The van der Waals surface area contributed by atoms with E-state index in [1.807, 2.05) is 56.3 Å². The lowest BCUT2D eigenvalue weighted by Crippen LogP contribution is -2.05. The number of hydrogen-bond donors (Lipinski definition) is 1. The molecule has 0 aliphatic rings. The van der Waals surface area contributed by atoms with Gasteiger partial charge in [-0.1, -0.05) is 30.3 Å². The number of rotatable bonds is 5. The minimum Gasteiger partial charge on any atom is -0.494 e. The third-order valence-electron chi connectivity index (χ3n) is 3.83. The van der Waals surface area contributed by atoms with Crippen molar-refractivity contribution < 1.29 is 9.53 Å². The Bertz CT molecular complexity index is 851. The molecule has 0 saturated carbocycles. The fourth-order valence-corrected chi connectivity index (χ4v) is 3.71. The number of benzene rings is 2. The summed E-state index contributed by atoms with van der Waals surface area (Å²) in [7, 11) is 0. The van der Waals surface area contributed by atoms with Gasteiger partial charge in [0, 0.05) is 16.0 Å². The van der Waals surface area contributed by atoms with E-state index in [1.165, 1.54) is 11.3 Å². The Kier molecular flexibility index (Phi) is 4.67. The molecular formula is C20H19NO2S. The second kappa shape index (κ2) is 6.89. The number of aryl methyl sites for hydroxylation is 1. The molecule has 0 bridgehead atoms. The monoisotopic (exact) mass is 337 g/mol. The number of ketones is 1. The molecule has 3 nitrogen and oxygen atoms in total. The van der Waals surface area contributed by atoms with E-state index in [-0.39, 0.29) is 5.78 Å². The predicted octanol–water partition coefficient (Wildman–Crippen LogP) is 4.94. The fraction of sp³-hybridized carbons (Fsp3) is 0.150. The van der Waals surface area contributed by atoms with Crippen molar-refractivity contribution in [2.45, 2.75) is 13.8 Å². The summed E-state index contributed by atoms with van der Waals surface area (Å²) in [5, 5.41) is 0.560. The topological polar surface area (TPSA) is 52.3 Å². The van der Waals surface area contributed by atoms with Gasteiger partial charge in [0.15, 0.2) is 5.78 Å². The highest BCUT2D eigenvalue weighted by atomic mass is 32.1. The Labute approximate surface area is 145 Å². The zero-order valence-electron chi connectivity index (χ0n) is 13.7. The number of anilines is 1. The first-order valence-electron chi connectivity index (χ1n) is 7.83. The average molecular weight is 337 g/mol. The molecule has 4 heteroatoms. The molecule has 0 radical (unpaired) electrons. The minimum absolute atomic E-state index is 0.0567. The van der Waals surface area contributed by atoms with Crippen molar-refractivity contribution in [2.24, 2.45) is 0 Å². The number of hydrogen-bond acceptors (Lipinski definition) is 4. The summed E-state index contributed by atoms with van der Waals surface area (Å²) in [5.74, 6) is 0.700. The first-order valence-corrected chi connectivity index (χ1v) is 8.65. The number of carbonyl (C=O) groups is 1. The quantitative estimate of drug-likeness (QED) is 0.671. The van der Waals surface area contributed by atoms with Crippen molar-refractivity contribution in [3.8, 4) is 16.9 Å². The molecule has 0 aliphatic heterocycles. The zero-order chi connectivity index (χ0) is 17.1. The first-order chi connectivity index (χ1) is 11.6. The molecule has 3 rings (SSSR count). The lowest BCUT2D eigenvalue weighted by molar-refractivity contribution is 0.104. The van der Waals surface area contributed by atoms with Crippen LogP contribution in [0.5, 0.6) is 5.75 Å². The van der Waals surface area contributed by atoms with Crippen LogP contribution in [0, 0.1) is 6.92 Å². The Hall–Kier alpha value is -2.59. The molecule has 24 heavy (non-hydrogen) atoms. The maximum Gasteiger partial charge on any atom is 0.196 e. The second-order valence-corrected chi connectivity index (χ2v) is 6.68. The summed E-state index contributed by atoms with van der Waals surface area (Å²) >= 11 is 1.46. The van der Waals surface area contributed by atoms with Crippen LogP contribution in [-0.2, 0) is 0 Å². The van der Waals surface area contributed by atoms with Crippen LogP contribution in [0.25, 0.3) is 11.1 Å². The predicted molar refractivity (Wildman–Crippen MR) is 99.9 cm³/mol. The largest absolute Gasteiger partial charge is 0.494 e. The third-order valence-corrected chi connectivity index (χ3v) is 4.76. The number of nitrogen functional groups attached to an aromatic ring is 1. The van der Waals surface area contributed by atoms with Gasteiger partial charge in [-0.3, -0.25) is 4.79 Å². The summed E-state index contributed by atoms with van der Waals surface area (Å²) in [6, 6.07) is 17.1. The van der Waals surface area contributed by atoms with Crippen molar-refractivity contribution in [1.82, 2.24) is 0 Å². The standard InChI is InChI=1S/C20H19NO2S/c1-3-23-16-11-9-15(10-12-16)19(22)18-17(13(2)24-20(18)21)14-7-5-4-6-8-14/h4-12H,3,21H2,1-2H3. The van der Waals surface area contributed by atoms with E-state index in [4.69, 9.17) is 10.5 Å². The van der Waals surface area contributed by atoms with Gasteiger partial charge in [0.2, 0.25) is 0 Å². The Balaban J connectivity index is 2.04. The van der Waals surface area contributed by atoms with E-state index in [9.17, 15) is 4.79 Å². The highest BCUT2D eigenvalue weighted by molar-refractivity contribution is 7.16. The first kappa shape index (κ1) is 16.3. The van der Waals surface area contributed by atoms with E-state index >= 15 is 0 Å². The van der Waals surface area contributed by atoms with Crippen molar-refractivity contribution in [3.63, 3.8) is 0 Å². The highest BCUT2D eigenvalue weighted by Gasteiger charge is 2.22. The minimum atomic E-state index is -0.0567. The van der Waals surface area contributed by atoms with Crippen LogP contribution >= 0.6 is 11.3 Å². The Morgan fingerprint density at radius 2 is 1.75 bits per heavy atom. The van der Waals surface area contributed by atoms with E-state index in [0.717, 1.165) is 21.8 Å². The van der Waals surface area contributed by atoms with E-state index < -0.39 is 0 Å². The number of thiophene rings is 1. The maximum atomic E-state index is 13.0. The lowest BCUT2D eigenvalue weighted by Gasteiger charge is -2.08. The summed E-state index contributed by atoms with van der Waals surface area (Å²) in [5.41, 5.74) is 9.31. The van der Waals surface area contributed by atoms with Crippen LogP contribution < -0.4 is 10.5 Å². The molecule has 122 valence electrons. The molecule has 1 aromatic heterocycles. The summed E-state index contributed by atoms with van der Waals surface area (Å²) in [6.07, 6.45) is 0. The molecule has 0 fully saturated rings. The van der Waals surface area contributed by atoms with Crippen LogP contribution in [-0.4, -0.2) is 12.4 Å². The molecule has 2 aromatic carbocycles. The van der Waals surface area contributed by atoms with Crippen molar-refractivity contribution in [2.75, 3.05) is 12.3 Å². The van der Waals surface area contributed by atoms with Gasteiger partial charge in [0.1, 0.15) is 5.75 Å². The van der Waals surface area contributed by atoms with Gasteiger partial charge in [-0.15, -0.1) is 11.3 Å². The number of nitrogens with two attached hydrogens (primary N) is 1. The molecular weight excluding hydrogens is 318 g/mol. The van der Waals surface area contributed by atoms with Crippen molar-refractivity contribution in [1.29, 1.82) is 0 Å². The molecule has 1 heterocycles. The van der Waals surface area contributed by atoms with Gasteiger partial charge in [-0.05, 0) is 43.7 Å². The van der Waals surface area contributed by atoms with E-state index in [0.29, 0.717) is 22.7 Å². The second-order valence-electron chi connectivity index (χ2n) is 5.43. The molecule has 0 aliphatic carbocycles. The molecule has 0 atom stereocenters. The molecule has 0 saturated heterocycles. The van der Waals surface area contributed by atoms with Gasteiger partial charge in [-0.2, -0.15) is 0 Å². The SMILES string of the molecule is CCOc1ccc(C(=O)c2c(N)sc(C)c2-c2ccccc2)cc1. The van der Waals surface area contributed by atoms with Gasteiger partial charge in [0.25, 0.3) is 0 Å². The number of carbonyl (C=O) groups excluding carboxylic acids is 1. The Morgan fingerprint density at radius 1 is 1.08 bits per heavy atom. The molecule has 0 amide bonds. The summed E-state index contributed by atoms with van der Waals surface area (Å²) < 4.78 is 5.43. The normalized spacial score (nSPS) is 10.6. The van der Waals surface area contributed by atoms with Crippen LogP contribution in [0.15, 0.2) is 54.6 Å². The van der Waals surface area contributed by atoms with Crippen LogP contribution in [0.3, 0.4) is 0 Å². The molecule has 3 aromatic rings. The fourth-order valence-electron chi connectivity index (χ4n) is 2.76. The number of ether oxygens (including phenoxy) is 1. The van der Waals surface area contributed by atoms with Gasteiger partial charge in [-0.25, -0.2) is 0 Å². The van der Waals surface area contributed by atoms with Gasteiger partial charge in [0.05, 0.1) is 17.2 Å². The van der Waals surface area contributed by atoms with Crippen LogP contribution in [0.4, 0.5) is 5.00 Å². The zero-order valence-corrected chi connectivity index (χ0v) is 14.5. The molecule has 0 unspecified atom stereocenters. The van der Waals surface area contributed by atoms with Crippen molar-refractivity contribution in [3.05, 3.63) is 70.6 Å². The van der Waals surface area contributed by atoms with Gasteiger partial charge < -0.3 is 10.5 Å². The molecule has 2 N–H and O–H groups in total. The smallest absolute Gasteiger partial charge is 0.196 e. The average Bonchev–Trinajstić information content (AvgIpc) is 2.90. The van der Waals surface area contributed by atoms with Crippen LogP contribution in [0.1, 0.15) is 27.7 Å². The summed E-state index contributed by atoms with van der Waals surface area (Å²) in [4.78, 5) is 14.1. The van der Waals surface area contributed by atoms with Crippen molar-refractivity contribution >= 4 is 22.1 Å². The highest BCUT2D eigenvalue weighted by Crippen LogP contribution is 2.39. The summed E-state index contributed by atoms with van der Waals surface area (Å²) in [6.45, 7) is 4.53. The Morgan fingerprint density at radius 3 is 2.38 bits per heavy atom.